The zero-order chi connectivity index (χ0) is 16.4. The van der Waals surface area contributed by atoms with Crippen LogP contribution in [-0.2, 0) is 4.74 Å². The fraction of sp³-hybridized carbons (Fsp3) is 0.625. The summed E-state index contributed by atoms with van der Waals surface area (Å²) in [5.41, 5.74) is 0.375. The maximum atomic E-state index is 12.4. The number of carbonyl (C=O) groups is 1. The summed E-state index contributed by atoms with van der Waals surface area (Å²) in [5, 5.41) is 4.16. The number of carbonyl (C=O) groups excluding carboxylic acids is 1. The Balaban J connectivity index is 1.51. The van der Waals surface area contributed by atoms with Crippen LogP contribution in [0.4, 0.5) is 0 Å². The van der Waals surface area contributed by atoms with Crippen molar-refractivity contribution >= 4 is 27.7 Å². The number of aromatic nitrogens is 4. The van der Waals surface area contributed by atoms with Gasteiger partial charge in [0.2, 0.25) is 0 Å². The highest BCUT2D eigenvalue weighted by Crippen LogP contribution is 2.61. The second kappa shape index (κ2) is 5.00. The van der Waals surface area contributed by atoms with Crippen LogP contribution >= 0.6 is 15.9 Å². The molecule has 3 fully saturated rings. The third kappa shape index (κ3) is 2.28. The van der Waals surface area contributed by atoms with Crippen molar-refractivity contribution in [1.29, 1.82) is 0 Å². The molecule has 0 radical (unpaired) electrons. The highest BCUT2D eigenvalue weighted by atomic mass is 79.9. The Labute approximate surface area is 142 Å². The van der Waals surface area contributed by atoms with E-state index in [-0.39, 0.29) is 11.9 Å². The Kier molecular flexibility index (Phi) is 3.27. The number of esters is 1. The first-order chi connectivity index (χ1) is 10.9. The van der Waals surface area contributed by atoms with Crippen LogP contribution < -0.4 is 0 Å². The van der Waals surface area contributed by atoms with E-state index in [2.05, 4.69) is 51.8 Å². The van der Waals surface area contributed by atoms with Crippen LogP contribution in [0.1, 0.15) is 44.2 Å². The molecule has 2 bridgehead atoms. The zero-order valence-corrected chi connectivity index (χ0v) is 14.9. The molecule has 2 aromatic heterocycles. The van der Waals surface area contributed by atoms with Gasteiger partial charge in [-0.2, -0.15) is 4.98 Å². The van der Waals surface area contributed by atoms with Gasteiger partial charge >= 0.3 is 5.97 Å². The van der Waals surface area contributed by atoms with Crippen molar-refractivity contribution in [2.24, 2.45) is 23.2 Å². The molecule has 0 N–H and O–H groups in total. The van der Waals surface area contributed by atoms with Crippen LogP contribution in [0.5, 0.6) is 0 Å². The molecule has 0 aromatic carbocycles. The molecular formula is C16H19BrN4O2. The van der Waals surface area contributed by atoms with E-state index in [9.17, 15) is 4.79 Å². The molecule has 5 rings (SSSR count). The minimum absolute atomic E-state index is 0.0365. The van der Waals surface area contributed by atoms with Crippen LogP contribution in [0.15, 0.2) is 16.9 Å². The van der Waals surface area contributed by atoms with Gasteiger partial charge in [-0.15, -0.1) is 5.10 Å². The lowest BCUT2D eigenvalue weighted by Gasteiger charge is -2.61. The molecule has 2 heterocycles. The van der Waals surface area contributed by atoms with E-state index in [0.29, 0.717) is 28.9 Å². The van der Waals surface area contributed by atoms with Gasteiger partial charge in [0.05, 0.1) is 4.47 Å². The third-order valence-electron chi connectivity index (χ3n) is 5.89. The molecule has 0 spiro atoms. The van der Waals surface area contributed by atoms with E-state index in [1.807, 2.05) is 0 Å². The van der Waals surface area contributed by atoms with Crippen molar-refractivity contribution in [2.75, 3.05) is 0 Å². The van der Waals surface area contributed by atoms with E-state index in [1.54, 1.807) is 12.4 Å². The molecule has 0 saturated heterocycles. The summed E-state index contributed by atoms with van der Waals surface area (Å²) in [4.78, 5) is 20.7. The predicted molar refractivity (Wildman–Crippen MR) is 86.8 cm³/mol. The average molecular weight is 379 g/mol. The molecule has 4 atom stereocenters. The minimum atomic E-state index is -0.456. The topological polar surface area (TPSA) is 69.4 Å². The van der Waals surface area contributed by atoms with Gasteiger partial charge in [-0.25, -0.2) is 14.3 Å². The van der Waals surface area contributed by atoms with Gasteiger partial charge < -0.3 is 4.74 Å². The molecule has 3 aliphatic carbocycles. The summed E-state index contributed by atoms with van der Waals surface area (Å²) in [7, 11) is 0. The standard InChI is InChI=1S/C16H19BrN4O2/c1-8-11-4-9(16(11,2)3)5-12(8)23-14(22)13-19-15-18-6-10(17)7-21(15)20-13/h6-9,11-12H,4-5H2,1-3H3/t8-,9-,11-,12-/m1/s1. The van der Waals surface area contributed by atoms with E-state index in [1.165, 1.54) is 10.9 Å². The smallest absolute Gasteiger partial charge is 0.378 e. The lowest BCUT2D eigenvalue weighted by atomic mass is 9.45. The fourth-order valence-corrected chi connectivity index (χ4v) is 4.59. The Morgan fingerprint density at radius 2 is 2.22 bits per heavy atom. The molecule has 3 saturated carbocycles. The average Bonchev–Trinajstić information content (AvgIpc) is 2.91. The minimum Gasteiger partial charge on any atom is -0.456 e. The third-order valence-corrected chi connectivity index (χ3v) is 6.30. The molecule has 0 amide bonds. The molecule has 122 valence electrons. The van der Waals surface area contributed by atoms with E-state index in [0.717, 1.165) is 10.9 Å². The van der Waals surface area contributed by atoms with Gasteiger partial charge in [0.25, 0.3) is 11.6 Å². The van der Waals surface area contributed by atoms with E-state index >= 15 is 0 Å². The van der Waals surface area contributed by atoms with Crippen LogP contribution in [0, 0.1) is 23.2 Å². The van der Waals surface area contributed by atoms with E-state index < -0.39 is 5.97 Å². The Bertz CT molecular complexity index is 787. The highest BCUT2D eigenvalue weighted by Gasteiger charge is 2.57. The molecule has 6 nitrogen and oxygen atoms in total. The van der Waals surface area contributed by atoms with Crippen LogP contribution in [0.25, 0.3) is 5.78 Å². The zero-order valence-electron chi connectivity index (χ0n) is 13.4. The SMILES string of the molecule is C[C@@H]1[C@H]2C[C@H](C[C@H]1OC(=O)c1nc3ncc(Br)cn3n1)C2(C)C. The quantitative estimate of drug-likeness (QED) is 0.750. The van der Waals surface area contributed by atoms with Crippen molar-refractivity contribution < 1.29 is 9.53 Å². The summed E-state index contributed by atoms with van der Waals surface area (Å²) in [5.74, 6) is 1.66. The molecular weight excluding hydrogens is 360 g/mol. The summed E-state index contributed by atoms with van der Waals surface area (Å²) < 4.78 is 7.98. The number of ether oxygens (including phenoxy) is 1. The van der Waals surface area contributed by atoms with Crippen LogP contribution in [0.3, 0.4) is 0 Å². The fourth-order valence-electron chi connectivity index (χ4n) is 4.29. The van der Waals surface area contributed by atoms with Crippen molar-refractivity contribution in [3.8, 4) is 0 Å². The highest BCUT2D eigenvalue weighted by molar-refractivity contribution is 9.10. The van der Waals surface area contributed by atoms with E-state index in [4.69, 9.17) is 4.74 Å². The first-order valence-electron chi connectivity index (χ1n) is 7.95. The maximum absolute atomic E-state index is 12.4. The van der Waals surface area contributed by atoms with Gasteiger partial charge in [-0.05, 0) is 51.9 Å². The lowest BCUT2D eigenvalue weighted by Crippen LogP contribution is -2.57. The van der Waals surface area contributed by atoms with Crippen molar-refractivity contribution in [1.82, 2.24) is 19.6 Å². The number of rotatable bonds is 2. The van der Waals surface area contributed by atoms with Crippen molar-refractivity contribution in [2.45, 2.75) is 39.7 Å². The number of halogens is 1. The number of hydrogen-bond acceptors (Lipinski definition) is 5. The van der Waals surface area contributed by atoms with Crippen LogP contribution in [-0.4, -0.2) is 31.7 Å². The first kappa shape index (κ1) is 15.1. The lowest BCUT2D eigenvalue weighted by molar-refractivity contribution is -0.156. The summed E-state index contributed by atoms with van der Waals surface area (Å²) in [6, 6.07) is 0. The molecule has 7 heteroatoms. The van der Waals surface area contributed by atoms with Crippen LogP contribution in [0.2, 0.25) is 0 Å². The van der Waals surface area contributed by atoms with Gasteiger partial charge in [0, 0.05) is 12.4 Å². The summed E-state index contributed by atoms with van der Waals surface area (Å²) in [6.07, 6.45) is 5.50. The van der Waals surface area contributed by atoms with Gasteiger partial charge in [0.15, 0.2) is 0 Å². The Hall–Kier alpha value is -1.50. The molecule has 2 aromatic rings. The van der Waals surface area contributed by atoms with Gasteiger partial charge in [-0.1, -0.05) is 20.8 Å². The van der Waals surface area contributed by atoms with Gasteiger partial charge in [-0.3, -0.25) is 0 Å². The number of nitrogens with zero attached hydrogens (tertiary/aromatic N) is 4. The first-order valence-corrected chi connectivity index (χ1v) is 8.74. The largest absolute Gasteiger partial charge is 0.456 e. The molecule has 3 aliphatic rings. The van der Waals surface area contributed by atoms with Crippen molar-refractivity contribution in [3.63, 3.8) is 0 Å². The molecule has 0 aliphatic heterocycles. The number of hydrogen-bond donors (Lipinski definition) is 0. The summed E-state index contributed by atoms with van der Waals surface area (Å²) in [6.45, 7) is 6.84. The Morgan fingerprint density at radius 3 is 2.91 bits per heavy atom. The second-order valence-electron chi connectivity index (χ2n) is 7.35. The van der Waals surface area contributed by atoms with Crippen molar-refractivity contribution in [3.05, 3.63) is 22.7 Å². The second-order valence-corrected chi connectivity index (χ2v) is 8.27. The normalized spacial score (nSPS) is 31.7. The Morgan fingerprint density at radius 1 is 1.43 bits per heavy atom. The van der Waals surface area contributed by atoms with Gasteiger partial charge in [0.1, 0.15) is 6.10 Å². The summed E-state index contributed by atoms with van der Waals surface area (Å²) >= 11 is 3.32. The monoisotopic (exact) mass is 378 g/mol. The predicted octanol–water partition coefficient (Wildman–Crippen LogP) is 3.11. The maximum Gasteiger partial charge on any atom is 0.378 e. The number of fused-ring (bicyclic) bond motifs is 3. The molecule has 0 unspecified atom stereocenters. The molecule has 23 heavy (non-hydrogen) atoms.